The van der Waals surface area contributed by atoms with E-state index in [2.05, 4.69) is 5.32 Å². The summed E-state index contributed by atoms with van der Waals surface area (Å²) in [4.78, 5) is 22.8. The van der Waals surface area contributed by atoms with Gasteiger partial charge in [0.1, 0.15) is 11.8 Å². The van der Waals surface area contributed by atoms with Crippen LogP contribution in [0, 0.1) is 6.92 Å². The van der Waals surface area contributed by atoms with Gasteiger partial charge in [-0.25, -0.2) is 4.79 Å². The molecule has 0 spiro atoms. The fourth-order valence-electron chi connectivity index (χ4n) is 1.85. The molecule has 1 aromatic rings. The van der Waals surface area contributed by atoms with Crippen LogP contribution in [0.15, 0.2) is 18.2 Å². The maximum atomic E-state index is 11.9. The number of aliphatic hydroxyl groups excluding tert-OH is 1. The fraction of sp³-hybridized carbons (Fsp3) is 0.429. The summed E-state index contributed by atoms with van der Waals surface area (Å²) in [5, 5.41) is 20.1. The number of hydrogen-bond donors (Lipinski definition) is 3. The van der Waals surface area contributed by atoms with Crippen molar-refractivity contribution in [1.82, 2.24) is 5.32 Å². The monoisotopic (exact) mass is 281 g/mol. The van der Waals surface area contributed by atoms with E-state index in [0.717, 1.165) is 5.56 Å². The number of carbonyl (C=O) groups excluding carboxylic acids is 1. The molecule has 0 aliphatic rings. The minimum absolute atomic E-state index is 0.0218. The predicted octanol–water partition coefficient (Wildman–Crippen LogP) is 0.498. The molecule has 1 rings (SSSR count). The summed E-state index contributed by atoms with van der Waals surface area (Å²) < 4.78 is 5.16. The zero-order valence-electron chi connectivity index (χ0n) is 11.5. The Bertz CT molecular complexity index is 486. The van der Waals surface area contributed by atoms with Gasteiger partial charge in [0.05, 0.1) is 13.5 Å². The van der Waals surface area contributed by atoms with Gasteiger partial charge in [-0.1, -0.05) is 17.7 Å². The van der Waals surface area contributed by atoms with Crippen LogP contribution < -0.4 is 10.1 Å². The Hall–Kier alpha value is -2.08. The molecule has 20 heavy (non-hydrogen) atoms. The molecule has 0 saturated carbocycles. The number of amides is 1. The Morgan fingerprint density at radius 2 is 2.10 bits per heavy atom. The number of carboxylic acid groups (broad SMARTS) is 1. The van der Waals surface area contributed by atoms with Crippen LogP contribution in [0.5, 0.6) is 5.75 Å². The van der Waals surface area contributed by atoms with Gasteiger partial charge in [-0.05, 0) is 13.0 Å². The maximum absolute atomic E-state index is 11.9. The van der Waals surface area contributed by atoms with Crippen LogP contribution in [0.3, 0.4) is 0 Å². The average Bonchev–Trinajstić information content (AvgIpc) is 2.38. The van der Waals surface area contributed by atoms with Gasteiger partial charge < -0.3 is 20.3 Å². The highest BCUT2D eigenvalue weighted by Gasteiger charge is 2.20. The maximum Gasteiger partial charge on any atom is 0.326 e. The van der Waals surface area contributed by atoms with Crippen molar-refractivity contribution in [2.75, 3.05) is 13.7 Å². The lowest BCUT2D eigenvalue weighted by atomic mass is 10.1. The highest BCUT2D eigenvalue weighted by molar-refractivity contribution is 5.85. The molecule has 1 amide bonds. The minimum Gasteiger partial charge on any atom is -0.496 e. The highest BCUT2D eigenvalue weighted by Crippen LogP contribution is 2.20. The van der Waals surface area contributed by atoms with Crippen LogP contribution in [0.2, 0.25) is 0 Å². The topological polar surface area (TPSA) is 95.9 Å². The quantitative estimate of drug-likeness (QED) is 0.676. The largest absolute Gasteiger partial charge is 0.496 e. The number of aryl methyl sites for hydroxylation is 1. The van der Waals surface area contributed by atoms with Crippen LogP contribution in [-0.2, 0) is 16.0 Å². The number of carbonyl (C=O) groups is 2. The Balaban J connectivity index is 2.75. The number of hydrogen-bond acceptors (Lipinski definition) is 4. The molecule has 110 valence electrons. The Kier molecular flexibility index (Phi) is 5.99. The predicted molar refractivity (Wildman–Crippen MR) is 72.7 cm³/mol. The van der Waals surface area contributed by atoms with Gasteiger partial charge in [-0.3, -0.25) is 4.79 Å². The van der Waals surface area contributed by atoms with E-state index in [4.69, 9.17) is 14.9 Å². The number of aliphatic hydroxyl groups is 1. The molecule has 0 saturated heterocycles. The molecular formula is C14H19NO5. The Morgan fingerprint density at radius 1 is 1.40 bits per heavy atom. The third-order valence-corrected chi connectivity index (χ3v) is 2.84. The lowest BCUT2D eigenvalue weighted by Crippen LogP contribution is -2.42. The van der Waals surface area contributed by atoms with Gasteiger partial charge in [-0.2, -0.15) is 0 Å². The summed E-state index contributed by atoms with van der Waals surface area (Å²) in [6.45, 7) is 1.59. The first-order chi connectivity index (χ1) is 9.47. The molecule has 6 heteroatoms. The minimum atomic E-state index is -1.16. The standard InChI is InChI=1S/C14H19NO5/c1-9-3-4-12(20-2)10(7-9)8-13(17)15-11(5-6-16)14(18)19/h3-4,7,11,16H,5-6,8H2,1-2H3,(H,15,17)(H,18,19)/t11-/m0/s1. The number of benzene rings is 1. The summed E-state index contributed by atoms with van der Waals surface area (Å²) in [6, 6.07) is 4.37. The molecule has 6 nitrogen and oxygen atoms in total. The van der Waals surface area contributed by atoms with Crippen LogP contribution in [-0.4, -0.2) is 41.8 Å². The van der Waals surface area contributed by atoms with Crippen LogP contribution >= 0.6 is 0 Å². The Morgan fingerprint density at radius 3 is 2.65 bits per heavy atom. The summed E-state index contributed by atoms with van der Waals surface area (Å²) in [6.07, 6.45) is 0.00604. The summed E-state index contributed by atoms with van der Waals surface area (Å²) in [7, 11) is 1.51. The molecule has 0 unspecified atom stereocenters. The third kappa shape index (κ3) is 4.55. The van der Waals surface area contributed by atoms with Gasteiger partial charge in [-0.15, -0.1) is 0 Å². The molecular weight excluding hydrogens is 262 g/mol. The molecule has 0 fully saturated rings. The zero-order valence-corrected chi connectivity index (χ0v) is 11.5. The van der Waals surface area contributed by atoms with Gasteiger partial charge in [0.2, 0.25) is 5.91 Å². The summed E-state index contributed by atoms with van der Waals surface area (Å²) in [5.41, 5.74) is 1.68. The van der Waals surface area contributed by atoms with Crippen molar-refractivity contribution in [3.05, 3.63) is 29.3 Å². The number of aliphatic carboxylic acids is 1. The molecule has 0 aliphatic heterocycles. The number of rotatable bonds is 7. The third-order valence-electron chi connectivity index (χ3n) is 2.84. The van der Waals surface area contributed by atoms with E-state index < -0.39 is 17.9 Å². The van der Waals surface area contributed by atoms with Gasteiger partial charge in [0.15, 0.2) is 0 Å². The van der Waals surface area contributed by atoms with Crippen molar-refractivity contribution in [1.29, 1.82) is 0 Å². The first-order valence-electron chi connectivity index (χ1n) is 6.24. The SMILES string of the molecule is COc1ccc(C)cc1CC(=O)N[C@@H](CCO)C(=O)O. The molecule has 0 bridgehead atoms. The number of nitrogens with one attached hydrogen (secondary N) is 1. The van der Waals surface area contributed by atoms with E-state index in [0.29, 0.717) is 11.3 Å². The lowest BCUT2D eigenvalue weighted by Gasteiger charge is -2.14. The number of carboxylic acids is 1. The second-order valence-electron chi connectivity index (χ2n) is 4.46. The van der Waals surface area contributed by atoms with Crippen molar-refractivity contribution in [3.8, 4) is 5.75 Å². The Labute approximate surface area is 117 Å². The molecule has 0 aromatic heterocycles. The zero-order chi connectivity index (χ0) is 15.1. The molecule has 0 radical (unpaired) electrons. The normalized spacial score (nSPS) is 11.8. The van der Waals surface area contributed by atoms with Crippen molar-refractivity contribution < 1.29 is 24.5 Å². The number of ether oxygens (including phenoxy) is 1. The van der Waals surface area contributed by atoms with E-state index in [9.17, 15) is 9.59 Å². The first-order valence-corrected chi connectivity index (χ1v) is 6.24. The van der Waals surface area contributed by atoms with Crippen LogP contribution in [0.1, 0.15) is 17.5 Å². The van der Waals surface area contributed by atoms with Crippen LogP contribution in [0.25, 0.3) is 0 Å². The highest BCUT2D eigenvalue weighted by atomic mass is 16.5. The second kappa shape index (κ2) is 7.49. The van der Waals surface area contributed by atoms with Gasteiger partial charge in [0.25, 0.3) is 0 Å². The first kappa shape index (κ1) is 16.0. The van der Waals surface area contributed by atoms with E-state index >= 15 is 0 Å². The van der Waals surface area contributed by atoms with Gasteiger partial charge >= 0.3 is 5.97 Å². The van der Waals surface area contributed by atoms with Crippen molar-refractivity contribution >= 4 is 11.9 Å². The summed E-state index contributed by atoms with van der Waals surface area (Å²) in [5.74, 6) is -1.00. The lowest BCUT2D eigenvalue weighted by molar-refractivity contribution is -0.142. The van der Waals surface area contributed by atoms with Crippen molar-refractivity contribution in [2.45, 2.75) is 25.8 Å². The van der Waals surface area contributed by atoms with Crippen LogP contribution in [0.4, 0.5) is 0 Å². The fourth-order valence-corrected chi connectivity index (χ4v) is 1.85. The molecule has 0 heterocycles. The smallest absolute Gasteiger partial charge is 0.326 e. The molecule has 3 N–H and O–H groups in total. The molecule has 1 atom stereocenters. The van der Waals surface area contributed by atoms with E-state index in [1.54, 1.807) is 6.07 Å². The molecule has 0 aliphatic carbocycles. The number of methoxy groups -OCH3 is 1. The average molecular weight is 281 g/mol. The van der Waals surface area contributed by atoms with Crippen molar-refractivity contribution in [2.24, 2.45) is 0 Å². The van der Waals surface area contributed by atoms with Gasteiger partial charge in [0, 0.05) is 18.6 Å². The second-order valence-corrected chi connectivity index (χ2v) is 4.46. The van der Waals surface area contributed by atoms with Crippen molar-refractivity contribution in [3.63, 3.8) is 0 Å². The van der Waals surface area contributed by atoms with E-state index in [1.807, 2.05) is 19.1 Å². The van der Waals surface area contributed by atoms with E-state index in [-0.39, 0.29) is 19.4 Å². The summed E-state index contributed by atoms with van der Waals surface area (Å²) >= 11 is 0. The van der Waals surface area contributed by atoms with E-state index in [1.165, 1.54) is 7.11 Å². The molecule has 1 aromatic carbocycles.